The van der Waals surface area contributed by atoms with Crippen molar-refractivity contribution in [1.82, 2.24) is 14.8 Å². The van der Waals surface area contributed by atoms with E-state index in [1.54, 1.807) is 18.2 Å². The van der Waals surface area contributed by atoms with E-state index in [-0.39, 0.29) is 11.7 Å². The molecule has 100 valence electrons. The molecule has 2 rings (SSSR count). The van der Waals surface area contributed by atoms with Crippen molar-refractivity contribution in [1.29, 1.82) is 0 Å². The molecule has 0 spiro atoms. The summed E-state index contributed by atoms with van der Waals surface area (Å²) < 4.78 is 2.27. The summed E-state index contributed by atoms with van der Waals surface area (Å²) in [5.74, 6) is -0.745. The Morgan fingerprint density at radius 2 is 2.16 bits per heavy atom. The molecule has 0 bridgehead atoms. The highest BCUT2D eigenvalue weighted by atomic mass is 79.9. The molecule has 2 aromatic rings. The fourth-order valence-corrected chi connectivity index (χ4v) is 2.02. The molecule has 19 heavy (non-hydrogen) atoms. The molecule has 0 amide bonds. The Morgan fingerprint density at radius 1 is 1.47 bits per heavy atom. The van der Waals surface area contributed by atoms with Crippen molar-refractivity contribution in [3.63, 3.8) is 0 Å². The Balaban J connectivity index is 2.59. The minimum absolute atomic E-state index is 0.0445. The maximum absolute atomic E-state index is 11.0. The predicted molar refractivity (Wildman–Crippen MR) is 75.1 cm³/mol. The van der Waals surface area contributed by atoms with E-state index in [0.717, 1.165) is 4.47 Å². The summed E-state index contributed by atoms with van der Waals surface area (Å²) in [6.07, 6.45) is 0. The largest absolute Gasteiger partial charge is 0.475 e. The quantitative estimate of drug-likeness (QED) is 0.925. The number of rotatable bonds is 3. The van der Waals surface area contributed by atoms with E-state index in [1.807, 2.05) is 13.8 Å². The molecule has 1 aromatic carbocycles. The van der Waals surface area contributed by atoms with E-state index in [9.17, 15) is 4.79 Å². The Hall–Kier alpha value is -1.40. The van der Waals surface area contributed by atoms with Gasteiger partial charge in [0.15, 0.2) is 0 Å². The lowest BCUT2D eigenvalue weighted by atomic mass is 10.2. The highest BCUT2D eigenvalue weighted by Crippen LogP contribution is 2.26. The van der Waals surface area contributed by atoms with Crippen LogP contribution in [-0.4, -0.2) is 25.8 Å². The van der Waals surface area contributed by atoms with Gasteiger partial charge in [-0.1, -0.05) is 25.4 Å². The number of carboxylic acids is 1. The monoisotopic (exact) mass is 343 g/mol. The van der Waals surface area contributed by atoms with Crippen molar-refractivity contribution in [3.05, 3.63) is 39.3 Å². The van der Waals surface area contributed by atoms with Gasteiger partial charge in [-0.25, -0.2) is 14.5 Å². The first-order chi connectivity index (χ1) is 8.90. The molecule has 0 aliphatic rings. The van der Waals surface area contributed by atoms with Gasteiger partial charge in [0.05, 0.1) is 10.7 Å². The van der Waals surface area contributed by atoms with Crippen molar-refractivity contribution in [2.24, 2.45) is 0 Å². The van der Waals surface area contributed by atoms with Gasteiger partial charge in [0.25, 0.3) is 5.82 Å². The number of aromatic nitrogens is 3. The van der Waals surface area contributed by atoms with Crippen LogP contribution in [0.3, 0.4) is 0 Å². The molecule has 0 atom stereocenters. The Kier molecular flexibility index (Phi) is 3.91. The third-order valence-corrected chi connectivity index (χ3v) is 3.72. The summed E-state index contributed by atoms with van der Waals surface area (Å²) in [6, 6.07) is 5.28. The maximum Gasteiger partial charge on any atom is 0.375 e. The van der Waals surface area contributed by atoms with E-state index in [4.69, 9.17) is 16.7 Å². The Bertz CT molecular complexity index is 640. The van der Waals surface area contributed by atoms with Gasteiger partial charge < -0.3 is 5.11 Å². The van der Waals surface area contributed by atoms with E-state index < -0.39 is 5.97 Å². The van der Waals surface area contributed by atoms with Crippen molar-refractivity contribution in [2.45, 2.75) is 19.8 Å². The topological polar surface area (TPSA) is 68.0 Å². The van der Waals surface area contributed by atoms with Crippen LogP contribution in [0.2, 0.25) is 5.02 Å². The molecule has 5 nitrogen and oxygen atoms in total. The molecule has 0 aliphatic carbocycles. The number of benzene rings is 1. The van der Waals surface area contributed by atoms with Crippen molar-refractivity contribution < 1.29 is 9.90 Å². The number of aromatic carboxylic acids is 1. The fourth-order valence-electron chi connectivity index (χ4n) is 1.60. The highest BCUT2D eigenvalue weighted by Gasteiger charge is 2.18. The summed E-state index contributed by atoms with van der Waals surface area (Å²) in [7, 11) is 0. The zero-order valence-corrected chi connectivity index (χ0v) is 12.6. The minimum Gasteiger partial charge on any atom is -0.475 e. The average Bonchev–Trinajstić information content (AvgIpc) is 2.78. The van der Waals surface area contributed by atoms with Gasteiger partial charge in [0.1, 0.15) is 5.82 Å². The van der Waals surface area contributed by atoms with Gasteiger partial charge in [-0.05, 0) is 34.1 Å². The molecule has 1 N–H and O–H groups in total. The fraction of sp³-hybridized carbons (Fsp3) is 0.250. The lowest BCUT2D eigenvalue weighted by molar-refractivity contribution is 0.0683. The normalized spacial score (nSPS) is 11.0. The summed E-state index contributed by atoms with van der Waals surface area (Å²) in [5, 5.41) is 13.5. The second-order valence-electron chi connectivity index (χ2n) is 4.26. The SMILES string of the molecule is CC(C)c1nc(C(=O)O)nn1-c1ccc(Br)c(Cl)c1. The van der Waals surface area contributed by atoms with E-state index >= 15 is 0 Å². The first-order valence-electron chi connectivity index (χ1n) is 5.56. The van der Waals surface area contributed by atoms with Gasteiger partial charge in [-0.15, -0.1) is 5.10 Å². The molecule has 0 unspecified atom stereocenters. The smallest absolute Gasteiger partial charge is 0.375 e. The first kappa shape index (κ1) is 14.0. The number of hydrogen-bond acceptors (Lipinski definition) is 3. The zero-order chi connectivity index (χ0) is 14.2. The lowest BCUT2D eigenvalue weighted by Gasteiger charge is -2.08. The van der Waals surface area contributed by atoms with Crippen LogP contribution < -0.4 is 0 Å². The molecular formula is C12H11BrClN3O2. The minimum atomic E-state index is -1.15. The van der Waals surface area contributed by atoms with Gasteiger partial charge in [-0.3, -0.25) is 0 Å². The van der Waals surface area contributed by atoms with Crippen LogP contribution in [0.15, 0.2) is 22.7 Å². The van der Waals surface area contributed by atoms with Crippen LogP contribution in [0.25, 0.3) is 5.69 Å². The number of hydrogen-bond donors (Lipinski definition) is 1. The van der Waals surface area contributed by atoms with Gasteiger partial charge in [0.2, 0.25) is 0 Å². The molecular weight excluding hydrogens is 334 g/mol. The predicted octanol–water partition coefficient (Wildman–Crippen LogP) is 3.50. The highest BCUT2D eigenvalue weighted by molar-refractivity contribution is 9.10. The molecule has 0 aliphatic heterocycles. The van der Waals surface area contributed by atoms with Crippen molar-refractivity contribution >= 4 is 33.5 Å². The number of nitrogens with zero attached hydrogens (tertiary/aromatic N) is 3. The van der Waals surface area contributed by atoms with E-state index in [2.05, 4.69) is 26.0 Å². The number of carbonyl (C=O) groups is 1. The van der Waals surface area contributed by atoms with Crippen LogP contribution in [0.1, 0.15) is 36.2 Å². The van der Waals surface area contributed by atoms with Crippen LogP contribution in [0.5, 0.6) is 0 Å². The molecule has 1 aromatic heterocycles. The second kappa shape index (κ2) is 5.30. The van der Waals surface area contributed by atoms with Gasteiger partial charge in [0, 0.05) is 10.4 Å². The van der Waals surface area contributed by atoms with Crippen LogP contribution in [0.4, 0.5) is 0 Å². The third-order valence-electron chi connectivity index (χ3n) is 2.49. The summed E-state index contributed by atoms with van der Waals surface area (Å²) in [6.45, 7) is 3.85. The molecule has 1 heterocycles. The van der Waals surface area contributed by atoms with Crippen LogP contribution >= 0.6 is 27.5 Å². The maximum atomic E-state index is 11.0. The zero-order valence-electron chi connectivity index (χ0n) is 10.3. The summed E-state index contributed by atoms with van der Waals surface area (Å²) in [5.41, 5.74) is 0.678. The molecule has 0 saturated carbocycles. The Labute approximate surface area is 123 Å². The van der Waals surface area contributed by atoms with Gasteiger partial charge in [-0.2, -0.15) is 0 Å². The molecule has 0 saturated heterocycles. The molecule has 0 fully saturated rings. The summed E-state index contributed by atoms with van der Waals surface area (Å²) in [4.78, 5) is 15.0. The average molecular weight is 345 g/mol. The Morgan fingerprint density at radius 3 is 2.68 bits per heavy atom. The van der Waals surface area contributed by atoms with E-state index in [1.165, 1.54) is 4.68 Å². The van der Waals surface area contributed by atoms with Crippen molar-refractivity contribution in [3.8, 4) is 5.69 Å². The second-order valence-corrected chi connectivity index (χ2v) is 5.53. The van der Waals surface area contributed by atoms with E-state index in [0.29, 0.717) is 16.5 Å². The van der Waals surface area contributed by atoms with Crippen LogP contribution in [-0.2, 0) is 0 Å². The lowest BCUT2D eigenvalue weighted by Crippen LogP contribution is -2.05. The number of carboxylic acid groups (broad SMARTS) is 1. The number of halogens is 2. The standard InChI is InChI=1S/C12H11BrClN3O2/c1-6(2)11-15-10(12(18)19)16-17(11)7-3-4-8(13)9(14)5-7/h3-6H,1-2H3,(H,18,19). The van der Waals surface area contributed by atoms with Crippen molar-refractivity contribution in [2.75, 3.05) is 0 Å². The molecule has 7 heteroatoms. The summed E-state index contributed by atoms with van der Waals surface area (Å²) >= 11 is 9.35. The van der Waals surface area contributed by atoms with Gasteiger partial charge >= 0.3 is 5.97 Å². The third kappa shape index (κ3) is 2.79. The first-order valence-corrected chi connectivity index (χ1v) is 6.73. The van der Waals surface area contributed by atoms with Crippen LogP contribution in [0, 0.1) is 0 Å². The molecule has 0 radical (unpaired) electrons.